The number of rotatable bonds is 70. The van der Waals surface area contributed by atoms with Crippen molar-refractivity contribution in [1.82, 2.24) is 0 Å². The van der Waals surface area contributed by atoms with Crippen molar-refractivity contribution in [1.29, 1.82) is 0 Å². The topological polar surface area (TPSA) is 78.9 Å². The number of carbonyl (C=O) groups excluding carboxylic acids is 3. The summed E-state index contributed by atoms with van der Waals surface area (Å²) in [4.78, 5) is 38.3. The Bertz CT molecular complexity index is 1260. The summed E-state index contributed by atoms with van der Waals surface area (Å²) in [5.41, 5.74) is 0. The average molecular weight is 1140 g/mol. The third kappa shape index (κ3) is 68.8. The molecule has 0 amide bonds. The van der Waals surface area contributed by atoms with Gasteiger partial charge in [0, 0.05) is 19.3 Å². The van der Waals surface area contributed by atoms with Gasteiger partial charge >= 0.3 is 17.9 Å². The minimum atomic E-state index is -0.765. The smallest absolute Gasteiger partial charge is 0.306 e. The van der Waals surface area contributed by atoms with Crippen molar-refractivity contribution in [3.05, 3.63) is 12.2 Å². The van der Waals surface area contributed by atoms with Gasteiger partial charge in [-0.3, -0.25) is 14.4 Å². The molecule has 0 spiro atoms. The second-order valence-corrected chi connectivity index (χ2v) is 25.6. The van der Waals surface area contributed by atoms with E-state index in [1.165, 1.54) is 334 Å². The molecule has 0 aliphatic rings. The lowest BCUT2D eigenvalue weighted by Crippen LogP contribution is -2.30. The number of esters is 3. The molecule has 0 aliphatic carbocycles. The van der Waals surface area contributed by atoms with E-state index in [1.807, 2.05) is 0 Å². The maximum absolute atomic E-state index is 12.9. The van der Waals surface area contributed by atoms with Crippen LogP contribution >= 0.6 is 0 Å². The van der Waals surface area contributed by atoms with Crippen LogP contribution < -0.4 is 0 Å². The fourth-order valence-corrected chi connectivity index (χ4v) is 11.7. The molecule has 480 valence electrons. The van der Waals surface area contributed by atoms with E-state index in [2.05, 4.69) is 32.9 Å². The Morgan fingerprint density at radius 2 is 0.407 bits per heavy atom. The first-order valence-corrected chi connectivity index (χ1v) is 37.2. The summed E-state index contributed by atoms with van der Waals surface area (Å²) < 4.78 is 16.9. The van der Waals surface area contributed by atoms with Crippen molar-refractivity contribution in [2.75, 3.05) is 13.2 Å². The highest BCUT2D eigenvalue weighted by Gasteiger charge is 2.20. The number of carbonyl (C=O) groups is 3. The molecule has 0 aromatic carbocycles. The Kier molecular flexibility index (Phi) is 69.0. The van der Waals surface area contributed by atoms with Crippen LogP contribution in [-0.2, 0) is 28.6 Å². The van der Waals surface area contributed by atoms with E-state index in [0.717, 1.165) is 57.8 Å². The zero-order chi connectivity index (χ0) is 58.5. The van der Waals surface area contributed by atoms with Gasteiger partial charge in [0.25, 0.3) is 0 Å². The highest BCUT2D eigenvalue weighted by molar-refractivity contribution is 5.71. The molecule has 0 rings (SSSR count). The maximum atomic E-state index is 12.9. The minimum absolute atomic E-state index is 0.0628. The lowest BCUT2D eigenvalue weighted by atomic mass is 10.0. The fourth-order valence-electron chi connectivity index (χ4n) is 11.7. The van der Waals surface area contributed by atoms with E-state index in [-0.39, 0.29) is 31.1 Å². The van der Waals surface area contributed by atoms with Crippen LogP contribution in [0.15, 0.2) is 12.2 Å². The van der Waals surface area contributed by atoms with E-state index in [0.29, 0.717) is 19.3 Å². The van der Waals surface area contributed by atoms with Gasteiger partial charge in [-0.1, -0.05) is 380 Å². The van der Waals surface area contributed by atoms with Crippen LogP contribution in [0.1, 0.15) is 432 Å². The Labute approximate surface area is 507 Å². The zero-order valence-corrected chi connectivity index (χ0v) is 55.4. The van der Waals surface area contributed by atoms with Gasteiger partial charge in [-0.2, -0.15) is 0 Å². The van der Waals surface area contributed by atoms with Crippen LogP contribution in [0.2, 0.25) is 0 Å². The molecule has 0 saturated heterocycles. The Morgan fingerprint density at radius 1 is 0.235 bits per heavy atom. The second kappa shape index (κ2) is 70.6. The van der Waals surface area contributed by atoms with Gasteiger partial charge in [0.1, 0.15) is 13.2 Å². The second-order valence-electron chi connectivity index (χ2n) is 25.6. The third-order valence-corrected chi connectivity index (χ3v) is 17.3. The van der Waals surface area contributed by atoms with Crippen molar-refractivity contribution < 1.29 is 28.6 Å². The molecule has 0 heterocycles. The van der Waals surface area contributed by atoms with Crippen molar-refractivity contribution in [2.24, 2.45) is 0 Å². The quantitative estimate of drug-likeness (QED) is 0.0261. The van der Waals surface area contributed by atoms with Crippen LogP contribution in [0.5, 0.6) is 0 Å². The predicted octanol–water partition coefficient (Wildman–Crippen LogP) is 25.6. The monoisotopic (exact) mass is 1140 g/mol. The van der Waals surface area contributed by atoms with E-state index in [9.17, 15) is 14.4 Å². The number of hydrogen-bond donors (Lipinski definition) is 0. The van der Waals surface area contributed by atoms with Crippen molar-refractivity contribution in [3.63, 3.8) is 0 Å². The molecule has 0 fully saturated rings. The van der Waals surface area contributed by atoms with Gasteiger partial charge in [0.05, 0.1) is 0 Å². The molecule has 0 saturated carbocycles. The minimum Gasteiger partial charge on any atom is -0.462 e. The molecule has 6 nitrogen and oxygen atoms in total. The lowest BCUT2D eigenvalue weighted by Gasteiger charge is -2.18. The zero-order valence-electron chi connectivity index (χ0n) is 55.4. The van der Waals surface area contributed by atoms with Gasteiger partial charge in [-0.15, -0.1) is 0 Å². The maximum Gasteiger partial charge on any atom is 0.306 e. The summed E-state index contributed by atoms with van der Waals surface area (Å²) in [6.45, 7) is 6.70. The molecule has 0 aromatic heterocycles. The van der Waals surface area contributed by atoms with Crippen molar-refractivity contribution >= 4 is 17.9 Å². The molecular weight excluding hydrogens is 997 g/mol. The van der Waals surface area contributed by atoms with Crippen LogP contribution in [0.25, 0.3) is 0 Å². The van der Waals surface area contributed by atoms with Crippen LogP contribution in [0, 0.1) is 0 Å². The number of allylic oxidation sites excluding steroid dienone is 2. The highest BCUT2D eigenvalue weighted by atomic mass is 16.6. The molecule has 0 radical (unpaired) electrons. The van der Waals surface area contributed by atoms with E-state index in [4.69, 9.17) is 14.2 Å². The van der Waals surface area contributed by atoms with Crippen molar-refractivity contribution in [3.8, 4) is 0 Å². The standard InChI is InChI=1S/C75H144O6/c1-4-7-10-13-16-19-21-23-25-27-29-31-33-35-37-39-40-42-44-46-48-50-52-54-56-59-62-65-68-74(77)80-71-72(70-79-73(76)67-64-61-58-18-15-12-9-6-3)81-75(78)69-66-63-60-57-55-53-51-49-47-45-43-41-38-36-34-32-30-28-26-24-22-20-17-14-11-8-5-2/h28,30,72H,4-27,29,31-71H2,1-3H3/b30-28-. The lowest BCUT2D eigenvalue weighted by molar-refractivity contribution is -0.167. The molecule has 1 unspecified atom stereocenters. The first kappa shape index (κ1) is 79.2. The SMILES string of the molecule is CCCCCCCCCC/C=C\CCCCCCCCCCCCCCCCCC(=O)OC(COC(=O)CCCCCCCCCC)COC(=O)CCCCCCCCCCCCCCCCCCCCCCCCCCCCCC. The fraction of sp³-hybridized carbons (Fsp3) is 0.933. The first-order valence-electron chi connectivity index (χ1n) is 37.2. The summed E-state index contributed by atoms with van der Waals surface area (Å²) in [5, 5.41) is 0. The normalized spacial score (nSPS) is 12.0. The molecular formula is C75H144O6. The Balaban J connectivity index is 4.01. The summed E-state index contributed by atoms with van der Waals surface area (Å²) in [6, 6.07) is 0. The van der Waals surface area contributed by atoms with Gasteiger partial charge < -0.3 is 14.2 Å². The number of ether oxygens (including phenoxy) is 3. The molecule has 0 aromatic rings. The molecule has 6 heteroatoms. The van der Waals surface area contributed by atoms with Gasteiger partial charge in [-0.05, 0) is 44.9 Å². The summed E-state index contributed by atoms with van der Waals surface area (Å²) >= 11 is 0. The first-order chi connectivity index (χ1) is 40.0. The summed E-state index contributed by atoms with van der Waals surface area (Å²) in [6.07, 6.45) is 85.7. The highest BCUT2D eigenvalue weighted by Crippen LogP contribution is 2.19. The molecule has 0 aliphatic heterocycles. The molecule has 0 bridgehead atoms. The largest absolute Gasteiger partial charge is 0.462 e. The van der Waals surface area contributed by atoms with Crippen LogP contribution in [0.3, 0.4) is 0 Å². The Hall–Kier alpha value is -1.85. The molecule has 81 heavy (non-hydrogen) atoms. The summed E-state index contributed by atoms with van der Waals surface area (Å²) in [5.74, 6) is -0.833. The van der Waals surface area contributed by atoms with Gasteiger partial charge in [-0.25, -0.2) is 0 Å². The van der Waals surface area contributed by atoms with Gasteiger partial charge in [0.2, 0.25) is 0 Å². The molecule has 0 N–H and O–H groups in total. The van der Waals surface area contributed by atoms with E-state index < -0.39 is 6.10 Å². The van der Waals surface area contributed by atoms with Crippen LogP contribution in [-0.4, -0.2) is 37.2 Å². The average Bonchev–Trinajstić information content (AvgIpc) is 3.47. The number of unbranched alkanes of at least 4 members (excludes halogenated alkanes) is 57. The summed E-state index contributed by atoms with van der Waals surface area (Å²) in [7, 11) is 0. The van der Waals surface area contributed by atoms with Crippen molar-refractivity contribution in [2.45, 2.75) is 438 Å². The third-order valence-electron chi connectivity index (χ3n) is 17.3. The predicted molar refractivity (Wildman–Crippen MR) is 353 cm³/mol. The Morgan fingerprint density at radius 3 is 0.617 bits per heavy atom. The molecule has 1 atom stereocenters. The van der Waals surface area contributed by atoms with Gasteiger partial charge in [0.15, 0.2) is 6.10 Å². The van der Waals surface area contributed by atoms with E-state index >= 15 is 0 Å². The number of hydrogen-bond acceptors (Lipinski definition) is 6. The van der Waals surface area contributed by atoms with Crippen LogP contribution in [0.4, 0.5) is 0 Å². The van der Waals surface area contributed by atoms with E-state index in [1.54, 1.807) is 0 Å².